The van der Waals surface area contributed by atoms with Crippen molar-refractivity contribution in [3.63, 3.8) is 0 Å². The standard InChI is InChI=1S/C24H31NO4/c1-23-10-9-22-19(21(23)8-7-20(23)17-4-3-11-25-12-17)6-5-18(13-28-15-26)24(22,2)14-29-16-27/h3-4,7,11-12,15-16,18-19,21-22H,5-6,8-10,13-14H2,1-2H3/t18-,19-,21-,22-,23+,24-/m0/s1. The molecule has 0 radical (unpaired) electrons. The lowest BCUT2D eigenvalue weighted by atomic mass is 9.47. The van der Waals surface area contributed by atoms with Gasteiger partial charge in [-0.05, 0) is 72.5 Å². The third-order valence-electron chi connectivity index (χ3n) is 8.45. The fourth-order valence-corrected chi connectivity index (χ4v) is 6.94. The number of carbonyl (C=O) groups excluding carboxylic acids is 2. The molecule has 3 aliphatic carbocycles. The average molecular weight is 398 g/mol. The molecule has 0 unspecified atom stereocenters. The maximum atomic E-state index is 11.0. The molecule has 2 fully saturated rings. The predicted molar refractivity (Wildman–Crippen MR) is 110 cm³/mol. The second kappa shape index (κ2) is 7.92. The van der Waals surface area contributed by atoms with Crippen LogP contribution in [0.4, 0.5) is 0 Å². The molecule has 0 aromatic carbocycles. The summed E-state index contributed by atoms with van der Waals surface area (Å²) in [7, 11) is 0. The van der Waals surface area contributed by atoms with Crippen molar-refractivity contribution in [3.05, 3.63) is 36.2 Å². The van der Waals surface area contributed by atoms with Crippen LogP contribution in [0.3, 0.4) is 0 Å². The summed E-state index contributed by atoms with van der Waals surface area (Å²) < 4.78 is 10.5. The largest absolute Gasteiger partial charge is 0.468 e. The van der Waals surface area contributed by atoms with Gasteiger partial charge in [0.05, 0.1) is 13.2 Å². The van der Waals surface area contributed by atoms with E-state index in [1.807, 2.05) is 18.5 Å². The molecule has 156 valence electrons. The molecule has 3 aliphatic rings. The number of hydrogen-bond acceptors (Lipinski definition) is 5. The molecule has 5 heteroatoms. The zero-order valence-electron chi connectivity index (χ0n) is 17.4. The third-order valence-corrected chi connectivity index (χ3v) is 8.45. The second-order valence-corrected chi connectivity index (χ2v) is 9.55. The van der Waals surface area contributed by atoms with Crippen molar-refractivity contribution in [3.8, 4) is 0 Å². The van der Waals surface area contributed by atoms with Gasteiger partial charge >= 0.3 is 0 Å². The Bertz CT molecular complexity index is 778. The fourth-order valence-electron chi connectivity index (χ4n) is 6.94. The lowest BCUT2D eigenvalue weighted by molar-refractivity contribution is -0.153. The summed E-state index contributed by atoms with van der Waals surface area (Å²) in [5.41, 5.74) is 2.70. The molecule has 0 amide bonds. The summed E-state index contributed by atoms with van der Waals surface area (Å²) >= 11 is 0. The number of carbonyl (C=O) groups is 2. The topological polar surface area (TPSA) is 65.5 Å². The summed E-state index contributed by atoms with van der Waals surface area (Å²) in [6, 6.07) is 4.19. The highest BCUT2D eigenvalue weighted by Gasteiger charge is 2.58. The van der Waals surface area contributed by atoms with Crippen molar-refractivity contribution < 1.29 is 19.1 Å². The Hall–Kier alpha value is -2.17. The number of ether oxygens (including phenoxy) is 2. The van der Waals surface area contributed by atoms with Crippen LogP contribution >= 0.6 is 0 Å². The van der Waals surface area contributed by atoms with Gasteiger partial charge in [0.1, 0.15) is 0 Å². The SMILES string of the molecule is C[C@]1(COC=O)[C@H](COC=O)CC[C@@H]2[C@@H]1CC[C@]1(C)C(c3cccnc3)=CC[C@@H]21. The van der Waals surface area contributed by atoms with Gasteiger partial charge in [0.15, 0.2) is 0 Å². The maximum absolute atomic E-state index is 11.0. The molecule has 0 aliphatic heterocycles. The van der Waals surface area contributed by atoms with Crippen molar-refractivity contribution in [2.24, 2.45) is 34.5 Å². The van der Waals surface area contributed by atoms with E-state index in [1.54, 1.807) is 0 Å². The highest BCUT2D eigenvalue weighted by Crippen LogP contribution is 2.65. The van der Waals surface area contributed by atoms with Crippen LogP contribution in [0.25, 0.3) is 5.57 Å². The molecule has 1 heterocycles. The van der Waals surface area contributed by atoms with E-state index < -0.39 is 0 Å². The van der Waals surface area contributed by atoms with E-state index in [1.165, 1.54) is 11.1 Å². The first kappa shape index (κ1) is 20.1. The molecule has 0 bridgehead atoms. The molecule has 0 spiro atoms. The molecule has 29 heavy (non-hydrogen) atoms. The summed E-state index contributed by atoms with van der Waals surface area (Å²) in [6.07, 6.45) is 11.7. The number of aromatic nitrogens is 1. The first-order valence-corrected chi connectivity index (χ1v) is 10.8. The zero-order valence-corrected chi connectivity index (χ0v) is 17.4. The molecule has 5 nitrogen and oxygen atoms in total. The van der Waals surface area contributed by atoms with E-state index in [2.05, 4.69) is 31.0 Å². The van der Waals surface area contributed by atoms with E-state index in [9.17, 15) is 9.59 Å². The van der Waals surface area contributed by atoms with Gasteiger partial charge in [-0.2, -0.15) is 0 Å². The van der Waals surface area contributed by atoms with Crippen LogP contribution in [0.2, 0.25) is 0 Å². The quantitative estimate of drug-likeness (QED) is 0.643. The van der Waals surface area contributed by atoms with Gasteiger partial charge in [0.2, 0.25) is 0 Å². The minimum Gasteiger partial charge on any atom is -0.468 e. The lowest BCUT2D eigenvalue weighted by Gasteiger charge is -2.58. The Labute approximate surface area is 172 Å². The van der Waals surface area contributed by atoms with Crippen LogP contribution in [0, 0.1) is 34.5 Å². The van der Waals surface area contributed by atoms with Gasteiger partial charge in [-0.25, -0.2) is 0 Å². The van der Waals surface area contributed by atoms with Gasteiger partial charge < -0.3 is 9.47 Å². The minimum absolute atomic E-state index is 0.161. The minimum atomic E-state index is -0.161. The van der Waals surface area contributed by atoms with Gasteiger partial charge in [0, 0.05) is 23.7 Å². The van der Waals surface area contributed by atoms with Crippen LogP contribution < -0.4 is 0 Å². The summed E-state index contributed by atoms with van der Waals surface area (Å²) in [5.74, 6) is 1.88. The third kappa shape index (κ3) is 3.28. The smallest absolute Gasteiger partial charge is 0.293 e. The predicted octanol–water partition coefficient (Wildman–Crippen LogP) is 4.28. The monoisotopic (exact) mass is 397 g/mol. The van der Waals surface area contributed by atoms with Crippen LogP contribution in [0.15, 0.2) is 30.6 Å². The Morgan fingerprint density at radius 2 is 1.97 bits per heavy atom. The van der Waals surface area contributed by atoms with Crippen molar-refractivity contribution in [2.45, 2.75) is 46.0 Å². The first-order chi connectivity index (χ1) is 14.0. The molecule has 0 saturated heterocycles. The Balaban J connectivity index is 1.61. The Morgan fingerprint density at radius 3 is 2.69 bits per heavy atom. The fraction of sp³-hybridized carbons (Fsp3) is 0.625. The highest BCUT2D eigenvalue weighted by atomic mass is 16.5. The van der Waals surface area contributed by atoms with E-state index in [0.717, 1.165) is 32.1 Å². The van der Waals surface area contributed by atoms with Crippen molar-refractivity contribution in [1.82, 2.24) is 4.98 Å². The number of fused-ring (bicyclic) bond motifs is 3. The van der Waals surface area contributed by atoms with Crippen molar-refractivity contribution >= 4 is 18.5 Å². The summed E-state index contributed by atoms with van der Waals surface area (Å²) in [5, 5.41) is 0. The van der Waals surface area contributed by atoms with Gasteiger partial charge in [-0.3, -0.25) is 14.6 Å². The van der Waals surface area contributed by atoms with Gasteiger partial charge in [-0.1, -0.05) is 26.0 Å². The molecule has 0 N–H and O–H groups in total. The van der Waals surface area contributed by atoms with E-state index in [-0.39, 0.29) is 16.7 Å². The zero-order chi connectivity index (χ0) is 20.5. The maximum Gasteiger partial charge on any atom is 0.293 e. The van der Waals surface area contributed by atoms with Crippen molar-refractivity contribution in [2.75, 3.05) is 13.2 Å². The van der Waals surface area contributed by atoms with E-state index in [0.29, 0.717) is 43.9 Å². The molecule has 6 atom stereocenters. The van der Waals surface area contributed by atoms with Crippen LogP contribution in [-0.2, 0) is 19.1 Å². The molecular formula is C24H31NO4. The molecule has 1 aromatic heterocycles. The molecule has 2 saturated carbocycles. The van der Waals surface area contributed by atoms with E-state index in [4.69, 9.17) is 9.47 Å². The number of rotatable bonds is 7. The van der Waals surface area contributed by atoms with Gasteiger partial charge in [0.25, 0.3) is 12.9 Å². The van der Waals surface area contributed by atoms with E-state index >= 15 is 0 Å². The Morgan fingerprint density at radius 1 is 1.14 bits per heavy atom. The number of allylic oxidation sites excluding steroid dienone is 2. The van der Waals surface area contributed by atoms with Crippen LogP contribution in [0.1, 0.15) is 51.5 Å². The number of pyridine rings is 1. The highest BCUT2D eigenvalue weighted by molar-refractivity contribution is 5.72. The first-order valence-electron chi connectivity index (χ1n) is 10.8. The normalized spacial score (nSPS) is 38.3. The summed E-state index contributed by atoms with van der Waals surface area (Å²) in [4.78, 5) is 26.1. The average Bonchev–Trinajstić information content (AvgIpc) is 3.10. The number of hydrogen-bond donors (Lipinski definition) is 0. The molecular weight excluding hydrogens is 366 g/mol. The molecule has 4 rings (SSSR count). The van der Waals surface area contributed by atoms with Crippen LogP contribution in [0.5, 0.6) is 0 Å². The molecule has 1 aromatic rings. The van der Waals surface area contributed by atoms with Crippen LogP contribution in [-0.4, -0.2) is 31.1 Å². The Kier molecular flexibility index (Phi) is 5.50. The second-order valence-electron chi connectivity index (χ2n) is 9.55. The van der Waals surface area contributed by atoms with Gasteiger partial charge in [-0.15, -0.1) is 0 Å². The lowest BCUT2D eigenvalue weighted by Crippen LogP contribution is -2.54. The summed E-state index contributed by atoms with van der Waals surface area (Å²) in [6.45, 7) is 6.56. The number of nitrogens with zero attached hydrogens (tertiary/aromatic N) is 1. The van der Waals surface area contributed by atoms with Crippen molar-refractivity contribution in [1.29, 1.82) is 0 Å².